The number of hydrogen-bond donors (Lipinski definition) is 0. The monoisotopic (exact) mass is 350 g/mol. The van der Waals surface area contributed by atoms with E-state index in [-0.39, 0.29) is 5.91 Å². The number of piperidine rings is 1. The molecule has 0 bridgehead atoms. The number of rotatable bonds is 3. The molecule has 0 aliphatic carbocycles. The van der Waals surface area contributed by atoms with Crippen molar-refractivity contribution >= 4 is 15.7 Å². The molecule has 0 unspecified atom stereocenters. The molecule has 3 rings (SSSR count). The van der Waals surface area contributed by atoms with E-state index in [1.165, 1.54) is 6.26 Å². The van der Waals surface area contributed by atoms with Gasteiger partial charge >= 0.3 is 0 Å². The fraction of sp³-hybridized carbons (Fsp3) is 0.611. The van der Waals surface area contributed by atoms with Gasteiger partial charge in [-0.2, -0.15) is 0 Å². The quantitative estimate of drug-likeness (QED) is 0.836. The summed E-state index contributed by atoms with van der Waals surface area (Å²) in [6.07, 6.45) is 5.03. The zero-order valence-corrected chi connectivity index (χ0v) is 15.3. The van der Waals surface area contributed by atoms with Crippen molar-refractivity contribution in [2.45, 2.75) is 43.2 Å². The summed E-state index contributed by atoms with van der Waals surface area (Å²) in [5.41, 5.74) is 1.14. The number of likely N-dealkylation sites (tertiary alicyclic amines) is 2. The first-order valence-corrected chi connectivity index (χ1v) is 10.5. The lowest BCUT2D eigenvalue weighted by Crippen LogP contribution is -2.50. The Morgan fingerprint density at radius 3 is 2.54 bits per heavy atom. The third-order valence-electron chi connectivity index (χ3n) is 5.39. The van der Waals surface area contributed by atoms with Gasteiger partial charge in [0.1, 0.15) is 0 Å². The van der Waals surface area contributed by atoms with Crippen LogP contribution in [0.3, 0.4) is 0 Å². The molecule has 1 amide bonds. The number of fused-ring (bicyclic) bond motifs is 1. The van der Waals surface area contributed by atoms with E-state index in [2.05, 4.69) is 4.90 Å². The van der Waals surface area contributed by atoms with Crippen molar-refractivity contribution in [3.05, 3.63) is 29.8 Å². The molecule has 2 heterocycles. The van der Waals surface area contributed by atoms with Crippen molar-refractivity contribution in [2.75, 3.05) is 26.4 Å². The second-order valence-corrected chi connectivity index (χ2v) is 9.18. The summed E-state index contributed by atoms with van der Waals surface area (Å²) in [4.78, 5) is 16.8. The minimum absolute atomic E-state index is 0.285. The summed E-state index contributed by atoms with van der Waals surface area (Å²) < 4.78 is 23.1. The van der Waals surface area contributed by atoms with E-state index < -0.39 is 9.84 Å². The van der Waals surface area contributed by atoms with Crippen LogP contribution in [0.2, 0.25) is 0 Å². The predicted octanol–water partition coefficient (Wildman–Crippen LogP) is 1.92. The number of sulfone groups is 1. The van der Waals surface area contributed by atoms with E-state index in [0.29, 0.717) is 23.3 Å². The van der Waals surface area contributed by atoms with Crippen molar-refractivity contribution in [2.24, 2.45) is 5.92 Å². The Bertz CT molecular complexity index is 699. The van der Waals surface area contributed by atoms with Gasteiger partial charge in [0.2, 0.25) is 5.91 Å². The van der Waals surface area contributed by atoms with Crippen molar-refractivity contribution in [1.82, 2.24) is 9.80 Å². The molecule has 0 spiro atoms. The first-order valence-electron chi connectivity index (χ1n) is 8.61. The van der Waals surface area contributed by atoms with Crippen molar-refractivity contribution in [1.29, 1.82) is 0 Å². The van der Waals surface area contributed by atoms with E-state index in [1.54, 1.807) is 12.1 Å². The highest BCUT2D eigenvalue weighted by Crippen LogP contribution is 2.30. The molecule has 0 saturated carbocycles. The molecule has 2 fully saturated rings. The van der Waals surface area contributed by atoms with Crippen LogP contribution in [0.15, 0.2) is 29.2 Å². The fourth-order valence-electron chi connectivity index (χ4n) is 4.01. The number of carbonyl (C=O) groups excluding carboxylic acids is 1. The lowest BCUT2D eigenvalue weighted by atomic mass is 9.88. The Balaban J connectivity index is 1.64. The summed E-state index contributed by atoms with van der Waals surface area (Å²) in [7, 11) is -1.19. The maximum atomic E-state index is 12.0. The van der Waals surface area contributed by atoms with Gasteiger partial charge < -0.3 is 4.90 Å². The molecule has 2 saturated heterocycles. The average molecular weight is 350 g/mol. The summed E-state index contributed by atoms with van der Waals surface area (Å²) >= 11 is 0. The van der Waals surface area contributed by atoms with Crippen LogP contribution in [0.5, 0.6) is 0 Å². The lowest BCUT2D eigenvalue weighted by Gasteiger charge is -2.41. The van der Waals surface area contributed by atoms with E-state index in [9.17, 15) is 13.2 Å². The molecule has 0 N–H and O–H groups in total. The summed E-state index contributed by atoms with van der Waals surface area (Å²) in [5, 5.41) is 0. The van der Waals surface area contributed by atoms with Crippen LogP contribution < -0.4 is 0 Å². The molecule has 6 heteroatoms. The summed E-state index contributed by atoms with van der Waals surface area (Å²) in [6, 6.07) is 7.57. The van der Waals surface area contributed by atoms with Crippen molar-refractivity contribution in [3.8, 4) is 0 Å². The third kappa shape index (κ3) is 3.81. The standard InChI is InChI=1S/C18H26N2O3S/c1-19-17-10-11-20(13-15(17)4-3-5-18(19)21)12-14-6-8-16(9-7-14)24(2,22)23/h6-9,15,17H,3-5,10-13H2,1-2H3/t15-,17+/m0/s1. The Labute approximate surface area is 144 Å². The minimum atomic E-state index is -3.13. The molecule has 2 aliphatic rings. The first kappa shape index (κ1) is 17.4. The lowest BCUT2D eigenvalue weighted by molar-refractivity contribution is -0.132. The van der Waals surface area contributed by atoms with Gasteiger partial charge in [0.15, 0.2) is 9.84 Å². The van der Waals surface area contributed by atoms with Gasteiger partial charge in [-0.25, -0.2) is 8.42 Å². The largest absolute Gasteiger partial charge is 0.342 e. The van der Waals surface area contributed by atoms with E-state index in [1.807, 2.05) is 24.1 Å². The van der Waals surface area contributed by atoms with Crippen LogP contribution in [0.1, 0.15) is 31.2 Å². The van der Waals surface area contributed by atoms with E-state index in [0.717, 1.165) is 44.5 Å². The van der Waals surface area contributed by atoms with Gasteiger partial charge in [-0.15, -0.1) is 0 Å². The Morgan fingerprint density at radius 2 is 1.88 bits per heavy atom. The van der Waals surface area contributed by atoms with Crippen molar-refractivity contribution < 1.29 is 13.2 Å². The van der Waals surface area contributed by atoms with Crippen LogP contribution in [0.25, 0.3) is 0 Å². The highest BCUT2D eigenvalue weighted by atomic mass is 32.2. The molecule has 1 aromatic rings. The highest BCUT2D eigenvalue weighted by molar-refractivity contribution is 7.90. The Hall–Kier alpha value is -1.40. The number of carbonyl (C=O) groups is 1. The second kappa shape index (κ2) is 6.84. The second-order valence-electron chi connectivity index (χ2n) is 7.16. The van der Waals surface area contributed by atoms with Gasteiger partial charge in [0.05, 0.1) is 4.90 Å². The molecule has 2 aliphatic heterocycles. The molecular weight excluding hydrogens is 324 g/mol. The van der Waals surface area contributed by atoms with Crippen LogP contribution >= 0.6 is 0 Å². The van der Waals surface area contributed by atoms with Gasteiger partial charge in [-0.05, 0) is 42.9 Å². The Kier molecular flexibility index (Phi) is 4.97. The summed E-state index contributed by atoms with van der Waals surface area (Å²) in [6.45, 7) is 2.83. The fourth-order valence-corrected chi connectivity index (χ4v) is 4.64. The topological polar surface area (TPSA) is 57.7 Å². The zero-order chi connectivity index (χ0) is 17.3. The first-order chi connectivity index (χ1) is 11.3. The highest BCUT2D eigenvalue weighted by Gasteiger charge is 2.35. The van der Waals surface area contributed by atoms with Crippen LogP contribution in [0.4, 0.5) is 0 Å². The zero-order valence-electron chi connectivity index (χ0n) is 14.4. The van der Waals surface area contributed by atoms with Gasteiger partial charge in [0, 0.05) is 45.4 Å². The number of nitrogens with zero attached hydrogens (tertiary/aromatic N) is 2. The average Bonchev–Trinajstić information content (AvgIpc) is 2.67. The van der Waals surface area contributed by atoms with Gasteiger partial charge in [-0.1, -0.05) is 12.1 Å². The number of amides is 1. The molecule has 0 radical (unpaired) electrons. The molecule has 24 heavy (non-hydrogen) atoms. The minimum Gasteiger partial charge on any atom is -0.342 e. The predicted molar refractivity (Wildman–Crippen MR) is 93.3 cm³/mol. The number of hydrogen-bond acceptors (Lipinski definition) is 4. The maximum Gasteiger partial charge on any atom is 0.222 e. The Morgan fingerprint density at radius 1 is 1.17 bits per heavy atom. The molecule has 5 nitrogen and oxygen atoms in total. The molecular formula is C18H26N2O3S. The van der Waals surface area contributed by atoms with Crippen LogP contribution in [-0.4, -0.2) is 56.6 Å². The van der Waals surface area contributed by atoms with Crippen LogP contribution in [-0.2, 0) is 21.2 Å². The van der Waals surface area contributed by atoms with Crippen LogP contribution in [0, 0.1) is 5.92 Å². The SMILES string of the molecule is CN1C(=O)CCC[C@H]2CN(Cc3ccc(S(C)(=O)=O)cc3)CC[C@H]21. The van der Waals surface area contributed by atoms with E-state index >= 15 is 0 Å². The number of benzene rings is 1. The van der Waals surface area contributed by atoms with Crippen molar-refractivity contribution in [3.63, 3.8) is 0 Å². The summed E-state index contributed by atoms with van der Waals surface area (Å²) in [5.74, 6) is 0.831. The van der Waals surface area contributed by atoms with Gasteiger partial charge in [-0.3, -0.25) is 9.69 Å². The van der Waals surface area contributed by atoms with Gasteiger partial charge in [0.25, 0.3) is 0 Å². The van der Waals surface area contributed by atoms with E-state index in [4.69, 9.17) is 0 Å². The third-order valence-corrected chi connectivity index (χ3v) is 6.52. The molecule has 132 valence electrons. The smallest absolute Gasteiger partial charge is 0.222 e. The maximum absolute atomic E-state index is 12.0. The normalized spacial score (nSPS) is 26.1. The molecule has 0 aromatic heterocycles. The molecule has 2 atom stereocenters. The molecule has 1 aromatic carbocycles.